The van der Waals surface area contributed by atoms with Crippen molar-refractivity contribution in [3.8, 4) is 11.5 Å². The van der Waals surface area contributed by atoms with Gasteiger partial charge in [0.05, 0.1) is 19.8 Å². The molecule has 112 valence electrons. The molecule has 0 aromatic heterocycles. The topological polar surface area (TPSA) is 50.7 Å². The van der Waals surface area contributed by atoms with Crippen molar-refractivity contribution in [2.24, 2.45) is 0 Å². The van der Waals surface area contributed by atoms with Crippen LogP contribution in [0.1, 0.15) is 44.4 Å². The quantitative estimate of drug-likeness (QED) is 0.840. The first-order valence-corrected chi connectivity index (χ1v) is 7.33. The zero-order chi connectivity index (χ0) is 14.7. The van der Waals surface area contributed by atoms with Gasteiger partial charge in [-0.25, -0.2) is 0 Å². The molecule has 0 radical (unpaired) electrons. The molecule has 0 amide bonds. The fraction of sp³-hybridized carbons (Fsp3) is 0.625. The number of ether oxygens (including phenoxy) is 2. The molecule has 3 atom stereocenters. The summed E-state index contributed by atoms with van der Waals surface area (Å²) in [5.74, 6) is 1.73. The van der Waals surface area contributed by atoms with Gasteiger partial charge in [0, 0.05) is 23.6 Å². The van der Waals surface area contributed by atoms with Crippen molar-refractivity contribution < 1.29 is 14.6 Å². The number of methoxy groups -OCH3 is 1. The van der Waals surface area contributed by atoms with Crippen molar-refractivity contribution in [3.05, 3.63) is 23.3 Å². The first-order valence-electron chi connectivity index (χ1n) is 7.33. The summed E-state index contributed by atoms with van der Waals surface area (Å²) in [5.41, 5.74) is 2.14. The van der Waals surface area contributed by atoms with E-state index in [0.717, 1.165) is 29.9 Å². The standard InChI is InChI=1S/C16H25NO3/c1-5-10(2)17-14(9-18)13-8-15-12(6-11(3)20-15)7-16(13)19-4/h7-8,10-11,14,17-18H,5-6,9H2,1-4H3. The molecular weight excluding hydrogens is 254 g/mol. The van der Waals surface area contributed by atoms with Crippen molar-refractivity contribution in [1.82, 2.24) is 5.32 Å². The molecule has 2 N–H and O–H groups in total. The second kappa shape index (κ2) is 6.46. The number of rotatable bonds is 6. The minimum Gasteiger partial charge on any atom is -0.496 e. The monoisotopic (exact) mass is 279 g/mol. The summed E-state index contributed by atoms with van der Waals surface area (Å²) in [6.45, 7) is 6.33. The van der Waals surface area contributed by atoms with Crippen molar-refractivity contribution in [1.29, 1.82) is 0 Å². The van der Waals surface area contributed by atoms with E-state index >= 15 is 0 Å². The summed E-state index contributed by atoms with van der Waals surface area (Å²) in [6.07, 6.45) is 2.13. The van der Waals surface area contributed by atoms with Gasteiger partial charge in [-0.3, -0.25) is 0 Å². The smallest absolute Gasteiger partial charge is 0.124 e. The molecule has 4 heteroatoms. The van der Waals surface area contributed by atoms with Crippen LogP contribution in [0.25, 0.3) is 0 Å². The van der Waals surface area contributed by atoms with E-state index in [1.165, 1.54) is 5.56 Å². The van der Waals surface area contributed by atoms with Crippen LogP contribution in [0, 0.1) is 0 Å². The van der Waals surface area contributed by atoms with Gasteiger partial charge >= 0.3 is 0 Å². The fourth-order valence-corrected chi connectivity index (χ4v) is 2.61. The van der Waals surface area contributed by atoms with E-state index in [2.05, 4.69) is 26.1 Å². The van der Waals surface area contributed by atoms with Crippen LogP contribution in [-0.4, -0.2) is 31.0 Å². The molecule has 4 nitrogen and oxygen atoms in total. The lowest BCUT2D eigenvalue weighted by atomic mass is 10.0. The van der Waals surface area contributed by atoms with Gasteiger partial charge in [0.1, 0.15) is 17.6 Å². The Morgan fingerprint density at radius 3 is 2.85 bits per heavy atom. The normalized spacial score (nSPS) is 20.1. The van der Waals surface area contributed by atoms with Gasteiger partial charge in [-0.2, -0.15) is 0 Å². The molecule has 0 aliphatic carbocycles. The minimum atomic E-state index is -0.135. The van der Waals surface area contributed by atoms with Crippen LogP contribution in [0.4, 0.5) is 0 Å². The molecule has 0 bridgehead atoms. The Morgan fingerprint density at radius 2 is 2.25 bits per heavy atom. The highest BCUT2D eigenvalue weighted by Gasteiger charge is 2.25. The van der Waals surface area contributed by atoms with Gasteiger partial charge in [-0.1, -0.05) is 6.92 Å². The van der Waals surface area contributed by atoms with Gasteiger partial charge < -0.3 is 19.9 Å². The second-order valence-electron chi connectivity index (χ2n) is 5.55. The van der Waals surface area contributed by atoms with Gasteiger partial charge in [0.15, 0.2) is 0 Å². The molecule has 0 fully saturated rings. The lowest BCUT2D eigenvalue weighted by Crippen LogP contribution is -2.32. The van der Waals surface area contributed by atoms with Gasteiger partial charge in [-0.15, -0.1) is 0 Å². The van der Waals surface area contributed by atoms with Gasteiger partial charge in [0.2, 0.25) is 0 Å². The highest BCUT2D eigenvalue weighted by atomic mass is 16.5. The Bertz CT molecular complexity index is 461. The number of hydrogen-bond donors (Lipinski definition) is 2. The summed E-state index contributed by atoms with van der Waals surface area (Å²) >= 11 is 0. The van der Waals surface area contributed by atoms with E-state index in [1.54, 1.807) is 7.11 Å². The average molecular weight is 279 g/mol. The first-order chi connectivity index (χ1) is 9.58. The molecular formula is C16H25NO3. The van der Waals surface area contributed by atoms with E-state index in [0.29, 0.717) is 6.04 Å². The van der Waals surface area contributed by atoms with Crippen LogP contribution in [0.3, 0.4) is 0 Å². The Hall–Kier alpha value is -1.26. The molecule has 1 aliphatic heterocycles. The SMILES string of the molecule is CCC(C)NC(CO)c1cc2c(cc1OC)CC(C)O2. The van der Waals surface area contributed by atoms with Gasteiger partial charge in [0.25, 0.3) is 0 Å². The van der Waals surface area contributed by atoms with Gasteiger partial charge in [-0.05, 0) is 32.4 Å². The molecule has 3 unspecified atom stereocenters. The number of aliphatic hydroxyl groups excluding tert-OH is 1. The summed E-state index contributed by atoms with van der Waals surface area (Å²) < 4.78 is 11.3. The maximum absolute atomic E-state index is 9.69. The Balaban J connectivity index is 2.32. The molecule has 1 aliphatic rings. The van der Waals surface area contributed by atoms with Crippen LogP contribution in [-0.2, 0) is 6.42 Å². The third-order valence-electron chi connectivity index (χ3n) is 3.90. The van der Waals surface area contributed by atoms with E-state index in [4.69, 9.17) is 9.47 Å². The van der Waals surface area contributed by atoms with Crippen LogP contribution in [0.15, 0.2) is 12.1 Å². The molecule has 2 rings (SSSR count). The fourth-order valence-electron chi connectivity index (χ4n) is 2.61. The lowest BCUT2D eigenvalue weighted by molar-refractivity contribution is 0.229. The summed E-state index contributed by atoms with van der Waals surface area (Å²) in [7, 11) is 1.67. The second-order valence-corrected chi connectivity index (χ2v) is 5.55. The molecule has 0 spiro atoms. The zero-order valence-electron chi connectivity index (χ0n) is 12.8. The minimum absolute atomic E-state index is 0.0367. The Labute approximate surface area is 121 Å². The van der Waals surface area contributed by atoms with Crippen molar-refractivity contribution in [2.45, 2.75) is 51.8 Å². The highest BCUT2D eigenvalue weighted by Crippen LogP contribution is 2.37. The van der Waals surface area contributed by atoms with E-state index in [-0.39, 0.29) is 18.8 Å². The number of fused-ring (bicyclic) bond motifs is 1. The third-order valence-corrected chi connectivity index (χ3v) is 3.90. The molecule has 0 saturated carbocycles. The van der Waals surface area contributed by atoms with E-state index in [9.17, 15) is 5.11 Å². The highest BCUT2D eigenvalue weighted by molar-refractivity contribution is 5.50. The maximum atomic E-state index is 9.69. The van der Waals surface area contributed by atoms with Crippen LogP contribution < -0.4 is 14.8 Å². The number of aliphatic hydroxyl groups is 1. The molecule has 20 heavy (non-hydrogen) atoms. The summed E-state index contributed by atoms with van der Waals surface area (Å²) in [4.78, 5) is 0. The first kappa shape index (κ1) is 15.1. The molecule has 1 aromatic carbocycles. The Kier molecular flexibility index (Phi) is 4.89. The van der Waals surface area contributed by atoms with Crippen LogP contribution in [0.5, 0.6) is 11.5 Å². The predicted molar refractivity (Wildman–Crippen MR) is 79.5 cm³/mol. The zero-order valence-corrected chi connectivity index (χ0v) is 12.8. The van der Waals surface area contributed by atoms with Crippen LogP contribution in [0.2, 0.25) is 0 Å². The lowest BCUT2D eigenvalue weighted by Gasteiger charge is -2.23. The third kappa shape index (κ3) is 3.07. The molecule has 0 saturated heterocycles. The Morgan fingerprint density at radius 1 is 1.50 bits per heavy atom. The van der Waals surface area contributed by atoms with E-state index < -0.39 is 0 Å². The van der Waals surface area contributed by atoms with Crippen LogP contribution >= 0.6 is 0 Å². The number of nitrogens with one attached hydrogen (secondary N) is 1. The largest absolute Gasteiger partial charge is 0.496 e. The number of benzene rings is 1. The summed E-state index contributed by atoms with van der Waals surface area (Å²) in [5, 5.41) is 13.1. The average Bonchev–Trinajstić information content (AvgIpc) is 2.81. The number of hydrogen-bond acceptors (Lipinski definition) is 4. The van der Waals surface area contributed by atoms with E-state index in [1.807, 2.05) is 12.1 Å². The van der Waals surface area contributed by atoms with Crippen molar-refractivity contribution in [3.63, 3.8) is 0 Å². The maximum Gasteiger partial charge on any atom is 0.124 e. The van der Waals surface area contributed by atoms with Crippen molar-refractivity contribution in [2.75, 3.05) is 13.7 Å². The molecule has 1 aromatic rings. The predicted octanol–water partition coefficient (Wildman–Crippen LogP) is 2.44. The molecule has 1 heterocycles. The van der Waals surface area contributed by atoms with Crippen molar-refractivity contribution >= 4 is 0 Å². The summed E-state index contributed by atoms with van der Waals surface area (Å²) in [6, 6.07) is 4.25.